The van der Waals surface area contributed by atoms with Crippen LogP contribution in [0.4, 0.5) is 0 Å². The Bertz CT molecular complexity index is 552. The molecule has 1 amide bonds. The first-order chi connectivity index (χ1) is 8.97. The van der Waals surface area contributed by atoms with Crippen LogP contribution in [0, 0.1) is 5.92 Å². The number of Topliss-reactive ketones (excluding diaryl/α,β-unsaturated/α-hetero) is 1. The molecule has 0 spiro atoms. The summed E-state index contributed by atoms with van der Waals surface area (Å²) >= 11 is 0. The number of carboxylic acids is 1. The van der Waals surface area contributed by atoms with Crippen molar-refractivity contribution >= 4 is 17.7 Å². The van der Waals surface area contributed by atoms with Crippen LogP contribution in [0.2, 0.25) is 0 Å². The van der Waals surface area contributed by atoms with Crippen LogP contribution < -0.4 is 10.3 Å². The maximum atomic E-state index is 11.9. The van der Waals surface area contributed by atoms with Crippen LogP contribution in [0.25, 0.3) is 0 Å². The number of carbonyl (C=O) groups is 3. The molecule has 0 aliphatic carbocycles. The second-order valence-electron chi connectivity index (χ2n) is 4.49. The van der Waals surface area contributed by atoms with E-state index in [0.717, 1.165) is 0 Å². The average molecular weight is 263 g/mol. The minimum atomic E-state index is -1.01. The van der Waals surface area contributed by atoms with Crippen molar-refractivity contribution < 1.29 is 24.3 Å². The maximum absolute atomic E-state index is 11.9. The minimum absolute atomic E-state index is 0.0683. The van der Waals surface area contributed by atoms with Gasteiger partial charge in [-0.2, -0.15) is 5.48 Å². The quantitative estimate of drug-likeness (QED) is 0.789. The van der Waals surface area contributed by atoms with Gasteiger partial charge in [0.2, 0.25) is 0 Å². The zero-order valence-electron chi connectivity index (χ0n) is 10.3. The predicted molar refractivity (Wildman–Crippen MR) is 64.7 cm³/mol. The fourth-order valence-electron chi connectivity index (χ4n) is 1.79. The van der Waals surface area contributed by atoms with E-state index in [9.17, 15) is 14.4 Å². The van der Waals surface area contributed by atoms with E-state index in [-0.39, 0.29) is 24.5 Å². The topological polar surface area (TPSA) is 92.7 Å². The Morgan fingerprint density at radius 1 is 1.47 bits per heavy atom. The van der Waals surface area contributed by atoms with E-state index in [1.165, 1.54) is 6.92 Å². The van der Waals surface area contributed by atoms with Crippen molar-refractivity contribution in [2.75, 3.05) is 0 Å². The molecule has 0 radical (unpaired) electrons. The van der Waals surface area contributed by atoms with E-state index in [4.69, 9.17) is 9.94 Å². The number of aliphatic carboxylic acids is 1. The monoisotopic (exact) mass is 263 g/mol. The van der Waals surface area contributed by atoms with Crippen molar-refractivity contribution in [2.45, 2.75) is 19.8 Å². The number of ketones is 1. The third-order valence-electron chi connectivity index (χ3n) is 2.92. The highest BCUT2D eigenvalue weighted by Crippen LogP contribution is 2.24. The third kappa shape index (κ3) is 2.90. The zero-order valence-corrected chi connectivity index (χ0v) is 10.3. The van der Waals surface area contributed by atoms with E-state index < -0.39 is 11.9 Å². The molecule has 1 aromatic carbocycles. The van der Waals surface area contributed by atoms with Gasteiger partial charge in [-0.25, -0.2) is 0 Å². The van der Waals surface area contributed by atoms with Crippen molar-refractivity contribution in [3.63, 3.8) is 0 Å². The Balaban J connectivity index is 2.17. The van der Waals surface area contributed by atoms with Crippen molar-refractivity contribution in [3.8, 4) is 5.75 Å². The van der Waals surface area contributed by atoms with Crippen molar-refractivity contribution in [3.05, 3.63) is 29.3 Å². The van der Waals surface area contributed by atoms with Gasteiger partial charge in [-0.05, 0) is 18.2 Å². The number of rotatable bonds is 4. The summed E-state index contributed by atoms with van der Waals surface area (Å²) in [4.78, 5) is 38.8. The molecule has 19 heavy (non-hydrogen) atoms. The van der Waals surface area contributed by atoms with Crippen LogP contribution in [-0.2, 0) is 16.0 Å². The number of hydrogen-bond acceptors (Lipinski definition) is 4. The van der Waals surface area contributed by atoms with Gasteiger partial charge in [0.15, 0.2) is 11.5 Å². The molecule has 2 rings (SSSR count). The fourth-order valence-corrected chi connectivity index (χ4v) is 1.79. The molecule has 0 saturated carbocycles. The maximum Gasteiger partial charge on any atom is 0.306 e. The number of carbonyl (C=O) groups excluding carboxylic acids is 2. The zero-order chi connectivity index (χ0) is 14.0. The molecule has 0 aromatic heterocycles. The van der Waals surface area contributed by atoms with Gasteiger partial charge in [0.1, 0.15) is 0 Å². The number of benzene rings is 1. The molecule has 1 heterocycles. The molecule has 6 nitrogen and oxygen atoms in total. The van der Waals surface area contributed by atoms with Crippen LogP contribution in [0.3, 0.4) is 0 Å². The highest BCUT2D eigenvalue weighted by atomic mass is 16.7. The molecule has 0 saturated heterocycles. The first-order valence-corrected chi connectivity index (χ1v) is 5.82. The van der Waals surface area contributed by atoms with Gasteiger partial charge in [0.05, 0.1) is 12.3 Å². The molecule has 0 bridgehead atoms. The standard InChI is InChI=1S/C13H13NO5/c1-7(13(17)18)4-10(15)8-2-3-11-9(5-8)6-12(16)14-19-11/h2-3,5,7H,4,6H2,1H3,(H,14,16)(H,17,18). The Morgan fingerprint density at radius 2 is 2.21 bits per heavy atom. The Labute approximate surface area is 109 Å². The van der Waals surface area contributed by atoms with Crippen LogP contribution in [0.1, 0.15) is 29.3 Å². The highest BCUT2D eigenvalue weighted by molar-refractivity contribution is 5.98. The summed E-state index contributed by atoms with van der Waals surface area (Å²) in [5.74, 6) is -1.78. The largest absolute Gasteiger partial charge is 0.481 e. The molecule has 1 aliphatic heterocycles. The lowest BCUT2D eigenvalue weighted by atomic mass is 9.97. The molecule has 2 N–H and O–H groups in total. The lowest BCUT2D eigenvalue weighted by Gasteiger charge is -2.17. The molecular weight excluding hydrogens is 250 g/mol. The average Bonchev–Trinajstić information content (AvgIpc) is 2.37. The SMILES string of the molecule is CC(CC(=O)c1ccc2c(c1)CC(=O)NO2)C(=O)O. The first kappa shape index (κ1) is 13.1. The molecular formula is C13H13NO5. The minimum Gasteiger partial charge on any atom is -0.481 e. The van der Waals surface area contributed by atoms with Crippen molar-refractivity contribution in [1.29, 1.82) is 0 Å². The number of hydroxylamine groups is 1. The summed E-state index contributed by atoms with van der Waals surface area (Å²) < 4.78 is 0. The van der Waals surface area contributed by atoms with Crippen molar-refractivity contribution in [1.82, 2.24) is 5.48 Å². The summed E-state index contributed by atoms with van der Waals surface area (Å²) in [7, 11) is 0. The molecule has 1 aliphatic rings. The van der Waals surface area contributed by atoms with E-state index in [1.807, 2.05) is 0 Å². The summed E-state index contributed by atoms with van der Waals surface area (Å²) in [5.41, 5.74) is 3.25. The Hall–Kier alpha value is -2.37. The van der Waals surface area contributed by atoms with Crippen molar-refractivity contribution in [2.24, 2.45) is 5.92 Å². The van der Waals surface area contributed by atoms with Gasteiger partial charge < -0.3 is 9.94 Å². The first-order valence-electron chi connectivity index (χ1n) is 5.82. The summed E-state index contributed by atoms with van der Waals surface area (Å²) in [6, 6.07) is 4.73. The fraction of sp³-hybridized carbons (Fsp3) is 0.308. The van der Waals surface area contributed by atoms with Crippen LogP contribution in [0.5, 0.6) is 5.75 Å². The van der Waals surface area contributed by atoms with E-state index in [2.05, 4.69) is 5.48 Å². The van der Waals surface area contributed by atoms with Gasteiger partial charge in [-0.15, -0.1) is 0 Å². The highest BCUT2D eigenvalue weighted by Gasteiger charge is 2.21. The number of fused-ring (bicyclic) bond motifs is 1. The summed E-state index contributed by atoms with van der Waals surface area (Å²) in [6.07, 6.45) is 0.0755. The normalized spacial score (nSPS) is 14.9. The molecule has 1 unspecified atom stereocenters. The molecule has 1 atom stereocenters. The second-order valence-corrected chi connectivity index (χ2v) is 4.49. The van der Waals surface area contributed by atoms with E-state index in [1.54, 1.807) is 18.2 Å². The van der Waals surface area contributed by atoms with Gasteiger partial charge in [0.25, 0.3) is 5.91 Å². The molecule has 6 heteroatoms. The predicted octanol–water partition coefficient (Wildman–Crippen LogP) is 0.946. The van der Waals surface area contributed by atoms with Gasteiger partial charge in [-0.1, -0.05) is 6.92 Å². The third-order valence-corrected chi connectivity index (χ3v) is 2.92. The van der Waals surface area contributed by atoms with Gasteiger partial charge in [-0.3, -0.25) is 14.4 Å². The molecule has 0 fully saturated rings. The number of amides is 1. The number of carboxylic acid groups (broad SMARTS) is 1. The lowest BCUT2D eigenvalue weighted by molar-refractivity contribution is -0.141. The van der Waals surface area contributed by atoms with E-state index >= 15 is 0 Å². The molecule has 1 aromatic rings. The lowest BCUT2D eigenvalue weighted by Crippen LogP contribution is -2.33. The van der Waals surface area contributed by atoms with Crippen LogP contribution in [0.15, 0.2) is 18.2 Å². The number of hydrogen-bond donors (Lipinski definition) is 2. The van der Waals surface area contributed by atoms with E-state index in [0.29, 0.717) is 16.9 Å². The molecule has 100 valence electrons. The van der Waals surface area contributed by atoms with Crippen LogP contribution in [-0.4, -0.2) is 22.8 Å². The smallest absolute Gasteiger partial charge is 0.306 e. The second kappa shape index (κ2) is 5.09. The summed E-state index contributed by atoms with van der Waals surface area (Å²) in [5, 5.41) is 8.78. The Kier molecular flexibility index (Phi) is 3.50. The number of nitrogens with one attached hydrogen (secondary N) is 1. The van der Waals surface area contributed by atoms with Crippen LogP contribution >= 0.6 is 0 Å². The Morgan fingerprint density at radius 3 is 2.89 bits per heavy atom. The summed E-state index contributed by atoms with van der Waals surface area (Å²) in [6.45, 7) is 1.48. The van der Waals surface area contributed by atoms with Gasteiger partial charge >= 0.3 is 5.97 Å². The van der Waals surface area contributed by atoms with Gasteiger partial charge in [0, 0.05) is 17.5 Å².